The van der Waals surface area contributed by atoms with Crippen molar-refractivity contribution >= 4 is 6.29 Å². The Balaban J connectivity index is 2.03. The molecular weight excluding hydrogens is 267 g/mol. The smallest absolute Gasteiger partial charge is 0.185 e. The van der Waals surface area contributed by atoms with Crippen LogP contribution in [0.4, 0.5) is 4.39 Å². The molecule has 0 aliphatic rings. The molecule has 0 N–H and O–H groups in total. The molecule has 0 spiro atoms. The fourth-order valence-electron chi connectivity index (χ4n) is 2.20. The number of benzene rings is 2. The van der Waals surface area contributed by atoms with Gasteiger partial charge < -0.3 is 4.42 Å². The number of hydrogen-bond donors (Lipinski definition) is 0. The summed E-state index contributed by atoms with van der Waals surface area (Å²) in [6, 6.07) is 16.1. The van der Waals surface area contributed by atoms with E-state index in [9.17, 15) is 9.18 Å². The quantitative estimate of drug-likeness (QED) is 0.640. The first-order chi connectivity index (χ1) is 10.2. The van der Waals surface area contributed by atoms with E-state index in [1.165, 1.54) is 6.07 Å². The molecule has 0 unspecified atom stereocenters. The maximum absolute atomic E-state index is 13.7. The summed E-state index contributed by atoms with van der Waals surface area (Å²) in [5.41, 5.74) is 3.18. The normalized spacial score (nSPS) is 10.6. The first kappa shape index (κ1) is 13.3. The van der Waals surface area contributed by atoms with Crippen LogP contribution in [-0.4, -0.2) is 6.29 Å². The molecule has 3 aromatic rings. The van der Waals surface area contributed by atoms with E-state index in [1.807, 2.05) is 30.3 Å². The van der Waals surface area contributed by atoms with Crippen molar-refractivity contribution in [2.24, 2.45) is 0 Å². The fraction of sp³-hybridized carbons (Fsp3) is 0.0556. The first-order valence-electron chi connectivity index (χ1n) is 6.59. The van der Waals surface area contributed by atoms with Gasteiger partial charge in [0.05, 0.1) is 0 Å². The lowest BCUT2D eigenvalue weighted by atomic mass is 10.0. The maximum atomic E-state index is 13.7. The zero-order valence-corrected chi connectivity index (χ0v) is 11.5. The number of halogens is 1. The largest absolute Gasteiger partial charge is 0.453 e. The van der Waals surface area contributed by atoms with Crippen LogP contribution in [-0.2, 0) is 0 Å². The Hall–Kier alpha value is -2.68. The highest BCUT2D eigenvalue weighted by molar-refractivity contribution is 5.75. The Kier molecular flexibility index (Phi) is 3.40. The van der Waals surface area contributed by atoms with Crippen LogP contribution in [0.2, 0.25) is 0 Å². The van der Waals surface area contributed by atoms with Gasteiger partial charge in [-0.05, 0) is 47.9 Å². The molecule has 3 rings (SSSR count). The lowest BCUT2D eigenvalue weighted by Crippen LogP contribution is -1.85. The lowest BCUT2D eigenvalue weighted by Gasteiger charge is -2.05. The van der Waals surface area contributed by atoms with E-state index < -0.39 is 0 Å². The van der Waals surface area contributed by atoms with Crippen LogP contribution in [0.25, 0.3) is 22.5 Å². The highest BCUT2D eigenvalue weighted by Crippen LogP contribution is 2.28. The van der Waals surface area contributed by atoms with Crippen molar-refractivity contribution in [3.63, 3.8) is 0 Å². The van der Waals surface area contributed by atoms with E-state index >= 15 is 0 Å². The van der Waals surface area contributed by atoms with E-state index in [4.69, 9.17) is 4.42 Å². The van der Waals surface area contributed by atoms with Crippen molar-refractivity contribution in [1.82, 2.24) is 0 Å². The molecule has 21 heavy (non-hydrogen) atoms. The second kappa shape index (κ2) is 5.37. The minimum absolute atomic E-state index is 0.223. The van der Waals surface area contributed by atoms with Crippen molar-refractivity contribution in [3.05, 3.63) is 71.7 Å². The molecule has 0 bridgehead atoms. The van der Waals surface area contributed by atoms with E-state index in [0.717, 1.165) is 16.7 Å². The molecule has 104 valence electrons. The third kappa shape index (κ3) is 2.63. The number of furan rings is 1. The maximum Gasteiger partial charge on any atom is 0.185 e. The molecule has 0 radical (unpaired) electrons. The molecule has 1 aromatic heterocycles. The second-order valence-electron chi connectivity index (χ2n) is 4.86. The van der Waals surface area contributed by atoms with E-state index in [1.54, 1.807) is 25.1 Å². The van der Waals surface area contributed by atoms with E-state index in [2.05, 4.69) is 0 Å². The van der Waals surface area contributed by atoms with Gasteiger partial charge in [-0.2, -0.15) is 0 Å². The summed E-state index contributed by atoms with van der Waals surface area (Å²) >= 11 is 0. The third-order valence-electron chi connectivity index (χ3n) is 3.40. The molecule has 0 aliphatic carbocycles. The van der Waals surface area contributed by atoms with Crippen molar-refractivity contribution < 1.29 is 13.6 Å². The molecule has 0 saturated heterocycles. The summed E-state index contributed by atoms with van der Waals surface area (Å²) in [6.45, 7) is 1.74. The van der Waals surface area contributed by atoms with Crippen molar-refractivity contribution in [1.29, 1.82) is 0 Å². The van der Waals surface area contributed by atoms with Crippen LogP contribution in [0.15, 0.2) is 59.0 Å². The highest BCUT2D eigenvalue weighted by atomic mass is 19.1. The van der Waals surface area contributed by atoms with Crippen molar-refractivity contribution in [3.8, 4) is 22.5 Å². The van der Waals surface area contributed by atoms with Crippen LogP contribution in [0.1, 0.15) is 16.1 Å². The minimum Gasteiger partial charge on any atom is -0.453 e. The molecule has 1 heterocycles. The molecule has 0 saturated carbocycles. The summed E-state index contributed by atoms with van der Waals surface area (Å²) < 4.78 is 19.1. The average molecular weight is 280 g/mol. The highest BCUT2D eigenvalue weighted by Gasteiger charge is 2.07. The average Bonchev–Trinajstić information content (AvgIpc) is 2.99. The molecule has 2 aromatic carbocycles. The topological polar surface area (TPSA) is 30.2 Å². The zero-order chi connectivity index (χ0) is 14.8. The van der Waals surface area contributed by atoms with Gasteiger partial charge in [0.15, 0.2) is 12.0 Å². The minimum atomic E-state index is -0.223. The number of rotatable bonds is 3. The molecule has 0 atom stereocenters. The van der Waals surface area contributed by atoms with Crippen molar-refractivity contribution in [2.75, 3.05) is 0 Å². The zero-order valence-electron chi connectivity index (χ0n) is 11.5. The Morgan fingerprint density at radius 1 is 0.952 bits per heavy atom. The van der Waals surface area contributed by atoms with Crippen LogP contribution in [0.5, 0.6) is 0 Å². The van der Waals surface area contributed by atoms with Crippen molar-refractivity contribution in [2.45, 2.75) is 6.92 Å². The predicted molar refractivity (Wildman–Crippen MR) is 79.7 cm³/mol. The molecular formula is C18H13FO2. The number of hydrogen-bond acceptors (Lipinski definition) is 2. The van der Waals surface area contributed by atoms with Gasteiger partial charge in [0.2, 0.25) is 0 Å². The standard InChI is InChI=1S/C18H13FO2/c1-12-5-6-14(10-17(12)19)13-3-2-4-15(9-13)18-8-7-16(11-20)21-18/h2-11H,1H3. The molecule has 3 heteroatoms. The van der Waals surface area contributed by atoms with Crippen LogP contribution >= 0.6 is 0 Å². The van der Waals surface area contributed by atoms with Gasteiger partial charge in [-0.1, -0.05) is 30.3 Å². The van der Waals surface area contributed by atoms with Gasteiger partial charge >= 0.3 is 0 Å². The summed E-state index contributed by atoms with van der Waals surface area (Å²) in [5, 5.41) is 0. The van der Waals surface area contributed by atoms with Gasteiger partial charge in [0, 0.05) is 5.56 Å². The number of aldehydes is 1. The Morgan fingerprint density at radius 3 is 2.43 bits per heavy atom. The van der Waals surface area contributed by atoms with E-state index in [-0.39, 0.29) is 11.6 Å². The third-order valence-corrected chi connectivity index (χ3v) is 3.40. The van der Waals surface area contributed by atoms with Gasteiger partial charge in [0.25, 0.3) is 0 Å². The molecule has 0 fully saturated rings. The van der Waals surface area contributed by atoms with Crippen LogP contribution in [0, 0.1) is 12.7 Å². The Labute approximate surface area is 121 Å². The summed E-state index contributed by atoms with van der Waals surface area (Å²) in [4.78, 5) is 10.7. The summed E-state index contributed by atoms with van der Waals surface area (Å²) in [7, 11) is 0. The van der Waals surface area contributed by atoms with Crippen LogP contribution in [0.3, 0.4) is 0 Å². The van der Waals surface area contributed by atoms with Gasteiger partial charge in [-0.25, -0.2) is 4.39 Å². The van der Waals surface area contributed by atoms with E-state index in [0.29, 0.717) is 17.6 Å². The summed E-state index contributed by atoms with van der Waals surface area (Å²) in [5.74, 6) is 0.683. The predicted octanol–water partition coefficient (Wildman–Crippen LogP) is 4.87. The lowest BCUT2D eigenvalue weighted by molar-refractivity contribution is 0.110. The first-order valence-corrected chi connectivity index (χ1v) is 6.59. The monoisotopic (exact) mass is 280 g/mol. The summed E-state index contributed by atoms with van der Waals surface area (Å²) in [6.07, 6.45) is 0.669. The second-order valence-corrected chi connectivity index (χ2v) is 4.86. The molecule has 0 aliphatic heterocycles. The fourth-order valence-corrected chi connectivity index (χ4v) is 2.20. The number of aryl methyl sites for hydroxylation is 1. The van der Waals surface area contributed by atoms with Crippen LogP contribution < -0.4 is 0 Å². The molecule has 2 nitrogen and oxygen atoms in total. The van der Waals surface area contributed by atoms with Gasteiger partial charge in [-0.3, -0.25) is 4.79 Å². The molecule has 0 amide bonds. The SMILES string of the molecule is Cc1ccc(-c2cccc(-c3ccc(C=O)o3)c2)cc1F. The Morgan fingerprint density at radius 2 is 1.71 bits per heavy atom. The number of carbonyl (C=O) groups is 1. The Bertz CT molecular complexity index is 802. The number of carbonyl (C=O) groups excluding carboxylic acids is 1. The van der Waals surface area contributed by atoms with Gasteiger partial charge in [-0.15, -0.1) is 0 Å². The van der Waals surface area contributed by atoms with Gasteiger partial charge in [0.1, 0.15) is 11.6 Å².